The number of benzene rings is 1. The maximum Gasteiger partial charge on any atom is 0.258 e. The van der Waals surface area contributed by atoms with E-state index in [0.29, 0.717) is 49.8 Å². The molecule has 0 radical (unpaired) electrons. The van der Waals surface area contributed by atoms with Gasteiger partial charge < -0.3 is 24.6 Å². The van der Waals surface area contributed by atoms with Crippen LogP contribution >= 0.6 is 0 Å². The summed E-state index contributed by atoms with van der Waals surface area (Å²) in [5.74, 6) is 1.26. The number of carbonyl (C=O) groups excluding carboxylic acids is 1. The Hall–Kier alpha value is -3.01. The van der Waals surface area contributed by atoms with E-state index in [1.165, 1.54) is 24.3 Å². The number of aromatic nitrogens is 3. The van der Waals surface area contributed by atoms with Crippen LogP contribution in [0.25, 0.3) is 0 Å². The van der Waals surface area contributed by atoms with Crippen molar-refractivity contribution in [2.75, 3.05) is 56.8 Å². The van der Waals surface area contributed by atoms with Crippen LogP contribution in [-0.2, 0) is 16.1 Å². The van der Waals surface area contributed by atoms with Crippen LogP contribution in [0.1, 0.15) is 5.82 Å². The average Bonchev–Trinajstić information content (AvgIpc) is 2.72. The summed E-state index contributed by atoms with van der Waals surface area (Å²) in [6.07, 6.45) is 0. The molecule has 150 valence electrons. The van der Waals surface area contributed by atoms with Gasteiger partial charge >= 0.3 is 0 Å². The second-order valence-electron chi connectivity index (χ2n) is 6.36. The molecule has 28 heavy (non-hydrogen) atoms. The molecule has 10 heteroatoms. The third kappa shape index (κ3) is 5.49. The number of ether oxygens (including phenoxy) is 2. The Morgan fingerprint density at radius 2 is 1.93 bits per heavy atom. The van der Waals surface area contributed by atoms with Crippen LogP contribution in [0.5, 0.6) is 5.75 Å². The van der Waals surface area contributed by atoms with Gasteiger partial charge in [-0.05, 0) is 24.3 Å². The smallest absolute Gasteiger partial charge is 0.258 e. The number of nitrogens with zero attached hydrogens (tertiary/aromatic N) is 5. The van der Waals surface area contributed by atoms with E-state index in [-0.39, 0.29) is 24.9 Å². The van der Waals surface area contributed by atoms with Crippen molar-refractivity contribution in [2.24, 2.45) is 0 Å². The Morgan fingerprint density at radius 1 is 1.21 bits per heavy atom. The minimum absolute atomic E-state index is 0.145. The van der Waals surface area contributed by atoms with E-state index in [4.69, 9.17) is 9.47 Å². The first-order valence-corrected chi connectivity index (χ1v) is 8.91. The zero-order chi connectivity index (χ0) is 19.9. The molecule has 1 amide bonds. The first kappa shape index (κ1) is 19.7. The van der Waals surface area contributed by atoms with Crippen LogP contribution in [-0.4, -0.2) is 67.9 Å². The first-order valence-electron chi connectivity index (χ1n) is 8.91. The number of anilines is 2. The lowest BCUT2D eigenvalue weighted by Gasteiger charge is -2.27. The predicted octanol–water partition coefficient (Wildman–Crippen LogP) is 0.608. The van der Waals surface area contributed by atoms with E-state index in [1.54, 1.807) is 4.90 Å². The maximum atomic E-state index is 12.9. The predicted molar refractivity (Wildman–Crippen MR) is 101 cm³/mol. The molecule has 0 unspecified atom stereocenters. The van der Waals surface area contributed by atoms with Crippen LogP contribution < -0.4 is 19.9 Å². The Labute approximate surface area is 162 Å². The van der Waals surface area contributed by atoms with Crippen molar-refractivity contribution in [1.29, 1.82) is 0 Å². The normalized spacial score (nSPS) is 13.9. The quantitative estimate of drug-likeness (QED) is 0.735. The van der Waals surface area contributed by atoms with Crippen molar-refractivity contribution in [3.05, 3.63) is 35.9 Å². The third-order valence-corrected chi connectivity index (χ3v) is 3.98. The van der Waals surface area contributed by atoms with E-state index < -0.39 is 0 Å². The molecule has 0 aliphatic carbocycles. The lowest BCUT2D eigenvalue weighted by atomic mass is 10.3. The Bertz CT molecular complexity index is 796. The van der Waals surface area contributed by atoms with Gasteiger partial charge in [-0.15, -0.1) is 0 Å². The number of hydrogen-bond acceptors (Lipinski definition) is 8. The molecule has 1 aliphatic rings. The number of amides is 1. The molecule has 0 bridgehead atoms. The van der Waals surface area contributed by atoms with Crippen molar-refractivity contribution >= 4 is 17.8 Å². The fraction of sp³-hybridized carbons (Fsp3) is 0.444. The van der Waals surface area contributed by atoms with Crippen molar-refractivity contribution in [3.63, 3.8) is 0 Å². The average molecular weight is 390 g/mol. The molecule has 1 fully saturated rings. The highest BCUT2D eigenvalue weighted by molar-refractivity contribution is 5.77. The van der Waals surface area contributed by atoms with E-state index in [1.807, 2.05) is 19.0 Å². The van der Waals surface area contributed by atoms with Crippen LogP contribution in [0.4, 0.5) is 16.3 Å². The Kier molecular flexibility index (Phi) is 6.53. The largest absolute Gasteiger partial charge is 0.484 e. The van der Waals surface area contributed by atoms with Gasteiger partial charge in [0.2, 0.25) is 11.9 Å². The number of hydrogen-bond donors (Lipinski definition) is 1. The van der Waals surface area contributed by atoms with Crippen molar-refractivity contribution in [2.45, 2.75) is 6.54 Å². The second kappa shape index (κ2) is 9.27. The third-order valence-electron chi connectivity index (χ3n) is 3.98. The molecule has 1 aromatic heterocycles. The van der Waals surface area contributed by atoms with Crippen LogP contribution in [0.2, 0.25) is 0 Å². The molecule has 0 atom stereocenters. The lowest BCUT2D eigenvalue weighted by Crippen LogP contribution is -2.38. The second-order valence-corrected chi connectivity index (χ2v) is 6.36. The lowest BCUT2D eigenvalue weighted by molar-refractivity contribution is -0.123. The summed E-state index contributed by atoms with van der Waals surface area (Å²) in [6.45, 7) is 2.60. The van der Waals surface area contributed by atoms with Gasteiger partial charge in [0.1, 0.15) is 11.6 Å². The zero-order valence-electron chi connectivity index (χ0n) is 15.9. The molecule has 2 aromatic rings. The monoisotopic (exact) mass is 390 g/mol. The molecule has 0 saturated carbocycles. The standard InChI is InChI=1S/C18H23FN6O3/c1-24(2)17-21-15(22-18(23-17)25-7-9-27-10-8-25)11-20-16(26)12-28-14-5-3-13(19)4-6-14/h3-6H,7-12H2,1-2H3,(H,20,26). The molecule has 2 heterocycles. The number of morpholine rings is 1. The zero-order valence-corrected chi connectivity index (χ0v) is 15.9. The van der Waals surface area contributed by atoms with Gasteiger partial charge in [0, 0.05) is 27.2 Å². The van der Waals surface area contributed by atoms with Crippen LogP contribution in [0.15, 0.2) is 24.3 Å². The highest BCUT2D eigenvalue weighted by Crippen LogP contribution is 2.14. The van der Waals surface area contributed by atoms with E-state index >= 15 is 0 Å². The number of carbonyl (C=O) groups is 1. The Balaban J connectivity index is 1.59. The van der Waals surface area contributed by atoms with Crippen molar-refractivity contribution < 1.29 is 18.7 Å². The fourth-order valence-corrected chi connectivity index (χ4v) is 2.49. The molecular formula is C18H23FN6O3. The van der Waals surface area contributed by atoms with Gasteiger partial charge in [-0.25, -0.2) is 4.39 Å². The first-order chi connectivity index (χ1) is 13.5. The highest BCUT2D eigenvalue weighted by atomic mass is 19.1. The summed E-state index contributed by atoms with van der Waals surface area (Å²) >= 11 is 0. The molecule has 1 saturated heterocycles. The summed E-state index contributed by atoms with van der Waals surface area (Å²) in [5, 5.41) is 2.72. The molecule has 0 spiro atoms. The van der Waals surface area contributed by atoms with E-state index in [0.717, 1.165) is 0 Å². The van der Waals surface area contributed by atoms with Gasteiger partial charge in [-0.3, -0.25) is 4.79 Å². The summed E-state index contributed by atoms with van der Waals surface area (Å²) in [4.78, 5) is 29.2. The molecule has 3 rings (SSSR count). The SMILES string of the molecule is CN(C)c1nc(CNC(=O)COc2ccc(F)cc2)nc(N2CCOCC2)n1. The summed E-state index contributed by atoms with van der Waals surface area (Å²) in [5.41, 5.74) is 0. The number of nitrogens with one attached hydrogen (secondary N) is 1. The fourth-order valence-electron chi connectivity index (χ4n) is 2.49. The van der Waals surface area contributed by atoms with Gasteiger partial charge in [-0.2, -0.15) is 15.0 Å². The Morgan fingerprint density at radius 3 is 2.61 bits per heavy atom. The molecule has 1 aromatic carbocycles. The van der Waals surface area contributed by atoms with E-state index in [2.05, 4.69) is 20.3 Å². The van der Waals surface area contributed by atoms with Crippen molar-refractivity contribution in [3.8, 4) is 5.75 Å². The van der Waals surface area contributed by atoms with E-state index in [9.17, 15) is 9.18 Å². The number of halogens is 1. The van der Waals surface area contributed by atoms with Gasteiger partial charge in [0.15, 0.2) is 12.4 Å². The minimum Gasteiger partial charge on any atom is -0.484 e. The summed E-state index contributed by atoms with van der Waals surface area (Å²) < 4.78 is 23.6. The molecule has 1 N–H and O–H groups in total. The van der Waals surface area contributed by atoms with Gasteiger partial charge in [0.05, 0.1) is 19.8 Å². The van der Waals surface area contributed by atoms with Crippen LogP contribution in [0, 0.1) is 5.82 Å². The summed E-state index contributed by atoms with van der Waals surface area (Å²) in [7, 11) is 3.69. The minimum atomic E-state index is -0.362. The number of rotatable bonds is 7. The van der Waals surface area contributed by atoms with Gasteiger partial charge in [0.25, 0.3) is 5.91 Å². The molecular weight excluding hydrogens is 367 g/mol. The summed E-state index contributed by atoms with van der Waals surface area (Å²) in [6, 6.07) is 5.47. The van der Waals surface area contributed by atoms with Crippen LogP contribution in [0.3, 0.4) is 0 Å². The maximum absolute atomic E-state index is 12.9. The van der Waals surface area contributed by atoms with Crippen molar-refractivity contribution in [1.82, 2.24) is 20.3 Å². The topological polar surface area (TPSA) is 92.7 Å². The molecule has 1 aliphatic heterocycles. The highest BCUT2D eigenvalue weighted by Gasteiger charge is 2.17. The van der Waals surface area contributed by atoms with Gasteiger partial charge in [-0.1, -0.05) is 0 Å². The molecule has 9 nitrogen and oxygen atoms in total.